The van der Waals surface area contributed by atoms with Gasteiger partial charge in [-0.05, 0) is 37.3 Å². The minimum absolute atomic E-state index is 0.130. The monoisotopic (exact) mass is 459 g/mol. The lowest BCUT2D eigenvalue weighted by molar-refractivity contribution is -0.122. The van der Waals surface area contributed by atoms with Gasteiger partial charge in [0.15, 0.2) is 5.82 Å². The molecule has 3 N–H and O–H groups in total. The fourth-order valence-electron chi connectivity index (χ4n) is 4.49. The number of primary amides is 1. The number of nitrogens with one attached hydrogen (secondary N) is 1. The molecular weight excluding hydrogens is 422 g/mol. The molecule has 1 aromatic heterocycles. The third kappa shape index (κ3) is 5.83. The standard InChI is InChI=1S/C24H37N5O4/c1-16(2)15-29(18-12-17(22(25)30)13-26-14-18)24(31)23-27-21-19(8-7-9-20(21)33-4)28(23)10-5-6-11-32-3/h7-9,16-18,26H,5-6,10-15H2,1-4H3,(H2,25,30)/t17-,18+/m1/s1. The van der Waals surface area contributed by atoms with Gasteiger partial charge in [0.2, 0.25) is 5.91 Å². The highest BCUT2D eigenvalue weighted by atomic mass is 16.5. The molecule has 182 valence electrons. The van der Waals surface area contributed by atoms with Gasteiger partial charge in [-0.3, -0.25) is 9.59 Å². The average Bonchev–Trinajstić information content (AvgIpc) is 3.18. The van der Waals surface area contributed by atoms with Gasteiger partial charge in [-0.1, -0.05) is 19.9 Å². The lowest BCUT2D eigenvalue weighted by Gasteiger charge is -2.38. The fourth-order valence-corrected chi connectivity index (χ4v) is 4.49. The third-order valence-electron chi connectivity index (χ3n) is 6.13. The Morgan fingerprint density at radius 1 is 1.27 bits per heavy atom. The van der Waals surface area contributed by atoms with Crippen molar-refractivity contribution in [3.05, 3.63) is 24.0 Å². The Morgan fingerprint density at radius 3 is 2.73 bits per heavy atom. The molecule has 1 aromatic carbocycles. The van der Waals surface area contributed by atoms with Gasteiger partial charge in [-0.15, -0.1) is 0 Å². The van der Waals surface area contributed by atoms with Crippen LogP contribution in [-0.2, 0) is 16.1 Å². The first-order chi connectivity index (χ1) is 15.9. The van der Waals surface area contributed by atoms with Crippen LogP contribution in [0.4, 0.5) is 0 Å². The van der Waals surface area contributed by atoms with Crippen LogP contribution in [0.1, 0.15) is 43.7 Å². The molecule has 0 bridgehead atoms. The molecule has 2 aromatic rings. The number of carbonyl (C=O) groups is 2. The van der Waals surface area contributed by atoms with Gasteiger partial charge < -0.3 is 30.0 Å². The number of unbranched alkanes of at least 4 members (excludes halogenated alkanes) is 1. The van der Waals surface area contributed by atoms with E-state index in [2.05, 4.69) is 19.2 Å². The van der Waals surface area contributed by atoms with Gasteiger partial charge in [-0.2, -0.15) is 0 Å². The first kappa shape index (κ1) is 25.0. The lowest BCUT2D eigenvalue weighted by Crippen LogP contribution is -2.54. The molecule has 33 heavy (non-hydrogen) atoms. The van der Waals surface area contributed by atoms with E-state index in [1.165, 1.54) is 0 Å². The first-order valence-electron chi connectivity index (χ1n) is 11.7. The van der Waals surface area contributed by atoms with Gasteiger partial charge in [0.25, 0.3) is 5.91 Å². The molecule has 0 saturated carbocycles. The summed E-state index contributed by atoms with van der Waals surface area (Å²) in [4.78, 5) is 32.4. The first-order valence-corrected chi connectivity index (χ1v) is 11.7. The number of ether oxygens (including phenoxy) is 2. The van der Waals surface area contributed by atoms with E-state index in [0.29, 0.717) is 56.3 Å². The van der Waals surface area contributed by atoms with Crippen molar-refractivity contribution in [3.8, 4) is 5.75 Å². The summed E-state index contributed by atoms with van der Waals surface area (Å²) in [5, 5.41) is 3.28. The highest BCUT2D eigenvalue weighted by molar-refractivity contribution is 5.96. The minimum atomic E-state index is -0.334. The Morgan fingerprint density at radius 2 is 2.06 bits per heavy atom. The summed E-state index contributed by atoms with van der Waals surface area (Å²) >= 11 is 0. The summed E-state index contributed by atoms with van der Waals surface area (Å²) < 4.78 is 12.7. The normalized spacial score (nSPS) is 18.6. The van der Waals surface area contributed by atoms with E-state index in [1.807, 2.05) is 27.7 Å². The number of para-hydroxylation sites is 1. The molecule has 0 spiro atoms. The molecule has 9 heteroatoms. The maximum absolute atomic E-state index is 14.0. The van der Waals surface area contributed by atoms with Gasteiger partial charge in [0, 0.05) is 45.9 Å². The topological polar surface area (TPSA) is 112 Å². The van der Waals surface area contributed by atoms with E-state index >= 15 is 0 Å². The number of methoxy groups -OCH3 is 2. The van der Waals surface area contributed by atoms with Crippen molar-refractivity contribution in [2.24, 2.45) is 17.6 Å². The van der Waals surface area contributed by atoms with Crippen molar-refractivity contribution in [1.82, 2.24) is 19.8 Å². The van der Waals surface area contributed by atoms with Crippen LogP contribution in [0.25, 0.3) is 11.0 Å². The van der Waals surface area contributed by atoms with E-state index in [-0.39, 0.29) is 29.7 Å². The number of hydrogen-bond acceptors (Lipinski definition) is 6. The minimum Gasteiger partial charge on any atom is -0.494 e. The summed E-state index contributed by atoms with van der Waals surface area (Å²) in [6.07, 6.45) is 2.30. The number of carbonyl (C=O) groups excluding carboxylic acids is 2. The number of amides is 2. The number of fused-ring (bicyclic) bond motifs is 1. The van der Waals surface area contributed by atoms with E-state index in [9.17, 15) is 9.59 Å². The maximum atomic E-state index is 14.0. The molecule has 0 unspecified atom stereocenters. The zero-order valence-electron chi connectivity index (χ0n) is 20.2. The number of imidazole rings is 1. The molecular formula is C24H37N5O4. The van der Waals surface area contributed by atoms with Crippen molar-refractivity contribution in [1.29, 1.82) is 0 Å². The van der Waals surface area contributed by atoms with Crippen LogP contribution in [0.3, 0.4) is 0 Å². The van der Waals surface area contributed by atoms with E-state index in [4.69, 9.17) is 20.2 Å². The summed E-state index contributed by atoms with van der Waals surface area (Å²) in [6.45, 7) is 7.22. The molecule has 2 atom stereocenters. The number of piperidine rings is 1. The molecule has 9 nitrogen and oxygen atoms in total. The van der Waals surface area contributed by atoms with E-state index in [1.54, 1.807) is 14.2 Å². The zero-order valence-corrected chi connectivity index (χ0v) is 20.2. The zero-order chi connectivity index (χ0) is 24.0. The summed E-state index contributed by atoms with van der Waals surface area (Å²) in [6, 6.07) is 5.61. The van der Waals surface area contributed by atoms with Crippen molar-refractivity contribution in [2.75, 3.05) is 40.5 Å². The number of aryl methyl sites for hydroxylation is 1. The van der Waals surface area contributed by atoms with Crippen molar-refractivity contribution in [3.63, 3.8) is 0 Å². The number of benzene rings is 1. The van der Waals surface area contributed by atoms with Crippen LogP contribution in [0.2, 0.25) is 0 Å². The highest BCUT2D eigenvalue weighted by Crippen LogP contribution is 2.28. The second-order valence-corrected chi connectivity index (χ2v) is 9.11. The van der Waals surface area contributed by atoms with Crippen molar-refractivity contribution < 1.29 is 19.1 Å². The Kier molecular flexibility index (Phi) is 8.68. The van der Waals surface area contributed by atoms with E-state index < -0.39 is 0 Å². The SMILES string of the molecule is COCCCCn1c(C(=O)N(CC(C)C)[C@@H]2CNC[C@H](C(N)=O)C2)nc2c(OC)cccc21. The predicted octanol–water partition coefficient (Wildman–Crippen LogP) is 2.03. The van der Waals surface area contributed by atoms with Crippen LogP contribution in [0, 0.1) is 11.8 Å². The third-order valence-corrected chi connectivity index (χ3v) is 6.13. The summed E-state index contributed by atoms with van der Waals surface area (Å²) in [5.74, 6) is 0.538. The molecule has 3 rings (SSSR count). The summed E-state index contributed by atoms with van der Waals surface area (Å²) in [7, 11) is 3.30. The number of nitrogens with zero attached hydrogens (tertiary/aromatic N) is 3. The highest BCUT2D eigenvalue weighted by Gasteiger charge is 2.34. The number of hydrogen-bond donors (Lipinski definition) is 2. The van der Waals surface area contributed by atoms with Gasteiger partial charge >= 0.3 is 0 Å². The second-order valence-electron chi connectivity index (χ2n) is 9.11. The van der Waals surface area contributed by atoms with Crippen molar-refractivity contribution in [2.45, 2.75) is 45.7 Å². The Bertz CT molecular complexity index is 958. The second kappa shape index (κ2) is 11.5. The molecule has 1 aliphatic heterocycles. The van der Waals surface area contributed by atoms with Crippen LogP contribution < -0.4 is 15.8 Å². The van der Waals surface area contributed by atoms with Gasteiger partial charge in [0.1, 0.15) is 11.3 Å². The molecule has 2 amide bonds. The van der Waals surface area contributed by atoms with Crippen LogP contribution in [0.5, 0.6) is 5.75 Å². The molecule has 2 heterocycles. The van der Waals surface area contributed by atoms with E-state index in [0.717, 1.165) is 18.4 Å². The number of rotatable bonds is 11. The van der Waals surface area contributed by atoms with Crippen LogP contribution in [0.15, 0.2) is 18.2 Å². The number of nitrogens with two attached hydrogens (primary N) is 1. The molecule has 1 fully saturated rings. The maximum Gasteiger partial charge on any atom is 0.290 e. The quantitative estimate of drug-likeness (QED) is 0.498. The number of aromatic nitrogens is 2. The predicted molar refractivity (Wildman–Crippen MR) is 127 cm³/mol. The Labute approximate surface area is 195 Å². The van der Waals surface area contributed by atoms with Crippen LogP contribution in [-0.4, -0.2) is 72.8 Å². The Hall–Kier alpha value is -2.65. The molecule has 1 saturated heterocycles. The van der Waals surface area contributed by atoms with Crippen molar-refractivity contribution >= 4 is 22.8 Å². The molecule has 1 aliphatic rings. The van der Waals surface area contributed by atoms with Gasteiger partial charge in [0.05, 0.1) is 18.5 Å². The largest absolute Gasteiger partial charge is 0.494 e. The van der Waals surface area contributed by atoms with Gasteiger partial charge in [-0.25, -0.2) is 4.98 Å². The molecule has 0 radical (unpaired) electrons. The molecule has 0 aliphatic carbocycles. The smallest absolute Gasteiger partial charge is 0.290 e. The van der Waals surface area contributed by atoms with Crippen LogP contribution >= 0.6 is 0 Å². The lowest BCUT2D eigenvalue weighted by atomic mass is 9.93. The average molecular weight is 460 g/mol. The Balaban J connectivity index is 1.99. The fraction of sp³-hybridized carbons (Fsp3) is 0.625. The summed E-state index contributed by atoms with van der Waals surface area (Å²) in [5.41, 5.74) is 7.13.